The highest BCUT2D eigenvalue weighted by atomic mass is 19.2. The number of carbonyl (C=O) groups is 1. The highest BCUT2D eigenvalue weighted by molar-refractivity contribution is 6.20. The molecule has 0 bridgehead atoms. The molecule has 1 aliphatic carbocycles. The van der Waals surface area contributed by atoms with Gasteiger partial charge in [0.1, 0.15) is 11.6 Å². The fourth-order valence-corrected chi connectivity index (χ4v) is 3.89. The molecule has 1 N–H and O–H groups in total. The van der Waals surface area contributed by atoms with E-state index in [9.17, 15) is 23.1 Å². The third-order valence-corrected chi connectivity index (χ3v) is 5.20. The largest absolute Gasteiger partial charge is 0.497 e. The zero-order valence-electron chi connectivity index (χ0n) is 15.5. The molecule has 0 amide bonds. The maximum Gasteiger partial charge on any atom is 0.336 e. The van der Waals surface area contributed by atoms with E-state index in [1.807, 2.05) is 0 Å². The maximum absolute atomic E-state index is 14.7. The first kappa shape index (κ1) is 18.9. The Morgan fingerprint density at radius 3 is 2.48 bits per heavy atom. The van der Waals surface area contributed by atoms with Crippen LogP contribution in [-0.2, 0) is 9.53 Å². The van der Waals surface area contributed by atoms with Crippen molar-refractivity contribution in [1.29, 1.82) is 0 Å². The molecule has 148 valence electrons. The smallest absolute Gasteiger partial charge is 0.336 e. The van der Waals surface area contributed by atoms with Crippen molar-refractivity contribution in [2.45, 2.75) is 5.92 Å². The minimum atomic E-state index is -1.36. The minimum absolute atomic E-state index is 0.0931. The fraction of sp³-hybridized carbons (Fsp3) is 0.136. The Morgan fingerprint density at radius 2 is 1.79 bits per heavy atom. The number of benzene rings is 2. The van der Waals surface area contributed by atoms with Crippen LogP contribution in [0.15, 0.2) is 65.6 Å². The normalized spacial score (nSPS) is 18.0. The van der Waals surface area contributed by atoms with E-state index < -0.39 is 34.9 Å². The number of ether oxygens (including phenoxy) is 1. The molecule has 29 heavy (non-hydrogen) atoms. The van der Waals surface area contributed by atoms with Crippen LogP contribution < -0.4 is 4.90 Å². The lowest BCUT2D eigenvalue weighted by Crippen LogP contribution is -2.30. The van der Waals surface area contributed by atoms with Gasteiger partial charge >= 0.3 is 5.97 Å². The van der Waals surface area contributed by atoms with Gasteiger partial charge in [0.15, 0.2) is 11.6 Å². The number of carboxylic acid groups (broad SMARTS) is 1. The highest BCUT2D eigenvalue weighted by Crippen LogP contribution is 2.49. The lowest BCUT2D eigenvalue weighted by molar-refractivity contribution is -0.130. The number of carboxylic acids is 1. The second kappa shape index (κ2) is 6.84. The van der Waals surface area contributed by atoms with Gasteiger partial charge in [0.05, 0.1) is 12.7 Å². The topological polar surface area (TPSA) is 49.8 Å². The van der Waals surface area contributed by atoms with E-state index in [2.05, 4.69) is 0 Å². The summed E-state index contributed by atoms with van der Waals surface area (Å²) in [5, 5.41) is 9.97. The molecule has 1 unspecified atom stereocenters. The number of allylic oxidation sites excluding steroid dienone is 3. The molecule has 4 nitrogen and oxygen atoms in total. The van der Waals surface area contributed by atoms with Gasteiger partial charge in [0.25, 0.3) is 0 Å². The monoisotopic (exact) mass is 399 g/mol. The van der Waals surface area contributed by atoms with Crippen LogP contribution in [0, 0.1) is 17.5 Å². The van der Waals surface area contributed by atoms with E-state index in [1.165, 1.54) is 13.2 Å². The molecule has 1 heterocycles. The summed E-state index contributed by atoms with van der Waals surface area (Å²) in [4.78, 5) is 14.0. The molecule has 0 spiro atoms. The van der Waals surface area contributed by atoms with Crippen molar-refractivity contribution in [3.63, 3.8) is 0 Å². The van der Waals surface area contributed by atoms with Crippen LogP contribution in [-0.4, -0.2) is 25.2 Å². The molecular formula is C22H16F3NO3. The Kier molecular flexibility index (Phi) is 4.45. The molecule has 0 radical (unpaired) electrons. The minimum Gasteiger partial charge on any atom is -0.497 e. The summed E-state index contributed by atoms with van der Waals surface area (Å²) in [6.07, 6.45) is 2.99. The number of methoxy groups -OCH3 is 1. The molecule has 0 saturated heterocycles. The Bertz CT molecular complexity index is 1130. The summed E-state index contributed by atoms with van der Waals surface area (Å²) < 4.78 is 48.5. The highest BCUT2D eigenvalue weighted by Gasteiger charge is 2.39. The predicted molar refractivity (Wildman–Crippen MR) is 102 cm³/mol. The molecule has 2 aromatic carbocycles. The summed E-state index contributed by atoms with van der Waals surface area (Å²) in [5.41, 5.74) is 0.954. The summed E-state index contributed by atoms with van der Waals surface area (Å²) in [6, 6.07) is 8.35. The van der Waals surface area contributed by atoms with Gasteiger partial charge in [0.2, 0.25) is 0 Å². The molecule has 1 aliphatic heterocycles. The molecule has 0 fully saturated rings. The molecule has 4 rings (SSSR count). The van der Waals surface area contributed by atoms with Crippen molar-refractivity contribution in [1.82, 2.24) is 0 Å². The van der Waals surface area contributed by atoms with Gasteiger partial charge in [-0.05, 0) is 24.3 Å². The standard InChI is InChI=1S/C22H16F3NO3/c1-26-16-6-4-3-5-12(16)20(22(27)28)19-13(9-11(29-2)10-17(19)26)18-14(23)7-8-15(24)21(18)25/h3-10,13H,1-2H3,(H,27,28). The summed E-state index contributed by atoms with van der Waals surface area (Å²) in [6.45, 7) is 0. The van der Waals surface area contributed by atoms with Gasteiger partial charge in [0, 0.05) is 47.1 Å². The summed E-state index contributed by atoms with van der Waals surface area (Å²) in [7, 11) is 3.11. The number of rotatable bonds is 3. The zero-order valence-corrected chi connectivity index (χ0v) is 15.5. The van der Waals surface area contributed by atoms with Crippen molar-refractivity contribution >= 4 is 17.2 Å². The molecule has 0 saturated carbocycles. The van der Waals surface area contributed by atoms with Gasteiger partial charge in [-0.15, -0.1) is 0 Å². The number of hydrogen-bond acceptors (Lipinski definition) is 3. The first-order valence-electron chi connectivity index (χ1n) is 8.77. The zero-order chi connectivity index (χ0) is 20.9. The molecule has 2 aliphatic rings. The van der Waals surface area contributed by atoms with Crippen molar-refractivity contribution in [2.24, 2.45) is 0 Å². The number of hydrogen-bond donors (Lipinski definition) is 1. The number of likely N-dealkylation sites (N-methyl/N-ethyl adjacent to an activating group) is 1. The average Bonchev–Trinajstić information content (AvgIpc) is 2.71. The van der Waals surface area contributed by atoms with Gasteiger partial charge in [-0.1, -0.05) is 18.2 Å². The third kappa shape index (κ3) is 2.81. The first-order valence-corrected chi connectivity index (χ1v) is 8.77. The molecular weight excluding hydrogens is 383 g/mol. The van der Waals surface area contributed by atoms with Crippen LogP contribution >= 0.6 is 0 Å². The van der Waals surface area contributed by atoms with E-state index >= 15 is 0 Å². The lowest BCUT2D eigenvalue weighted by atomic mass is 9.77. The Balaban J connectivity index is 2.10. The number of fused-ring (bicyclic) bond motifs is 2. The van der Waals surface area contributed by atoms with Gasteiger partial charge < -0.3 is 14.7 Å². The number of anilines is 1. The van der Waals surface area contributed by atoms with Crippen LogP contribution in [0.5, 0.6) is 0 Å². The van der Waals surface area contributed by atoms with Crippen LogP contribution in [0.4, 0.5) is 18.9 Å². The van der Waals surface area contributed by atoms with Crippen molar-refractivity contribution in [2.75, 3.05) is 19.1 Å². The van der Waals surface area contributed by atoms with Crippen molar-refractivity contribution < 1.29 is 27.8 Å². The Labute approximate surface area is 164 Å². The average molecular weight is 399 g/mol. The van der Waals surface area contributed by atoms with Crippen LogP contribution in [0.3, 0.4) is 0 Å². The van der Waals surface area contributed by atoms with Gasteiger partial charge in [-0.2, -0.15) is 0 Å². The SMILES string of the molecule is COC1=CC(c2c(F)ccc(F)c2F)C2=C(C(=O)O)c3ccccc3N(C)C2=C1. The number of halogens is 3. The Morgan fingerprint density at radius 1 is 1.10 bits per heavy atom. The van der Waals surface area contributed by atoms with E-state index in [-0.39, 0.29) is 16.9 Å². The van der Waals surface area contributed by atoms with Crippen LogP contribution in [0.1, 0.15) is 17.0 Å². The van der Waals surface area contributed by atoms with Gasteiger partial charge in [-0.25, -0.2) is 18.0 Å². The van der Waals surface area contributed by atoms with Gasteiger partial charge in [-0.3, -0.25) is 0 Å². The molecule has 1 atom stereocenters. The third-order valence-electron chi connectivity index (χ3n) is 5.20. The Hall–Kier alpha value is -3.48. The number of nitrogens with zero attached hydrogens (tertiary/aromatic N) is 1. The fourth-order valence-electron chi connectivity index (χ4n) is 3.89. The first-order chi connectivity index (χ1) is 13.8. The molecule has 7 heteroatoms. The van der Waals surface area contributed by atoms with E-state index in [1.54, 1.807) is 42.3 Å². The van der Waals surface area contributed by atoms with Crippen LogP contribution in [0.2, 0.25) is 0 Å². The number of aliphatic carboxylic acids is 1. The second-order valence-corrected chi connectivity index (χ2v) is 6.71. The predicted octanol–water partition coefficient (Wildman–Crippen LogP) is 4.60. The van der Waals surface area contributed by atoms with E-state index in [0.29, 0.717) is 23.0 Å². The lowest BCUT2D eigenvalue weighted by Gasteiger charge is -2.37. The second-order valence-electron chi connectivity index (χ2n) is 6.71. The van der Waals surface area contributed by atoms with E-state index in [4.69, 9.17) is 4.74 Å². The maximum atomic E-state index is 14.7. The summed E-state index contributed by atoms with van der Waals surface area (Å²) in [5.74, 6) is -5.70. The summed E-state index contributed by atoms with van der Waals surface area (Å²) >= 11 is 0. The van der Waals surface area contributed by atoms with Crippen molar-refractivity contribution in [3.8, 4) is 0 Å². The number of para-hydroxylation sites is 1. The van der Waals surface area contributed by atoms with E-state index in [0.717, 1.165) is 6.07 Å². The van der Waals surface area contributed by atoms with Crippen LogP contribution in [0.25, 0.3) is 5.57 Å². The molecule has 2 aromatic rings. The quantitative estimate of drug-likeness (QED) is 0.767. The molecule has 0 aromatic heterocycles. The van der Waals surface area contributed by atoms with Crippen molar-refractivity contribution in [3.05, 3.63) is 94.2 Å².